The van der Waals surface area contributed by atoms with Crippen molar-refractivity contribution in [2.24, 2.45) is 0 Å². The maximum atomic E-state index is 13.0. The summed E-state index contributed by atoms with van der Waals surface area (Å²) in [4.78, 5) is 18.0. The van der Waals surface area contributed by atoms with E-state index in [1.807, 2.05) is 6.26 Å². The number of hydrogen-bond donors (Lipinski definition) is 0. The molecular formula is C14H13FN2OS2. The van der Waals surface area contributed by atoms with E-state index >= 15 is 0 Å². The highest BCUT2D eigenvalue weighted by molar-refractivity contribution is 8.00. The Bertz CT molecular complexity index is 712. The van der Waals surface area contributed by atoms with Crippen LogP contribution in [0.4, 0.5) is 4.39 Å². The summed E-state index contributed by atoms with van der Waals surface area (Å²) in [7, 11) is 0. The lowest BCUT2D eigenvalue weighted by molar-refractivity contribution is 0.626. The normalized spacial score (nSPS) is 17.2. The second kappa shape index (κ2) is 5.26. The zero-order valence-electron chi connectivity index (χ0n) is 11.1. The Hall–Kier alpha value is -1.27. The standard InChI is InChI=1S/C14H13FN2OS2/c1-8-7-11-12(20-8)13(18)17(14(16-11)19-2)10-5-3-9(15)4-6-10/h3-6,8H,7H2,1-2H3. The van der Waals surface area contributed by atoms with E-state index in [9.17, 15) is 9.18 Å². The fourth-order valence-corrected chi connectivity index (χ4v) is 3.93. The topological polar surface area (TPSA) is 34.9 Å². The van der Waals surface area contributed by atoms with Crippen LogP contribution in [-0.4, -0.2) is 21.1 Å². The minimum atomic E-state index is -0.315. The Kier molecular flexibility index (Phi) is 3.60. The Morgan fingerprint density at radius 3 is 2.75 bits per heavy atom. The first kappa shape index (κ1) is 13.7. The van der Waals surface area contributed by atoms with Gasteiger partial charge in [-0.2, -0.15) is 0 Å². The quantitative estimate of drug-likeness (QED) is 0.631. The van der Waals surface area contributed by atoms with Crippen LogP contribution in [-0.2, 0) is 6.42 Å². The highest BCUT2D eigenvalue weighted by Gasteiger charge is 2.26. The number of aromatic nitrogens is 2. The zero-order valence-corrected chi connectivity index (χ0v) is 12.7. The van der Waals surface area contributed by atoms with Gasteiger partial charge in [-0.3, -0.25) is 9.36 Å². The summed E-state index contributed by atoms with van der Waals surface area (Å²) in [6.45, 7) is 2.09. The highest BCUT2D eigenvalue weighted by Crippen LogP contribution is 2.34. The van der Waals surface area contributed by atoms with E-state index in [1.165, 1.54) is 23.9 Å². The highest BCUT2D eigenvalue weighted by atomic mass is 32.2. The number of fused-ring (bicyclic) bond motifs is 1. The molecule has 3 nitrogen and oxygen atoms in total. The number of rotatable bonds is 2. The van der Waals surface area contributed by atoms with Crippen molar-refractivity contribution >= 4 is 23.5 Å². The van der Waals surface area contributed by atoms with E-state index in [1.54, 1.807) is 28.5 Å². The van der Waals surface area contributed by atoms with E-state index in [0.29, 0.717) is 16.1 Å². The van der Waals surface area contributed by atoms with Crippen molar-refractivity contribution in [3.8, 4) is 5.69 Å². The van der Waals surface area contributed by atoms with Crippen LogP contribution < -0.4 is 5.56 Å². The lowest BCUT2D eigenvalue weighted by Crippen LogP contribution is -2.23. The second-order valence-electron chi connectivity index (χ2n) is 4.62. The summed E-state index contributed by atoms with van der Waals surface area (Å²) in [6, 6.07) is 5.92. The van der Waals surface area contributed by atoms with Crippen molar-refractivity contribution in [3.05, 3.63) is 46.1 Å². The van der Waals surface area contributed by atoms with Crippen LogP contribution >= 0.6 is 23.5 Å². The molecule has 0 aliphatic carbocycles. The van der Waals surface area contributed by atoms with Gasteiger partial charge in [-0.15, -0.1) is 11.8 Å². The third-order valence-electron chi connectivity index (χ3n) is 3.15. The van der Waals surface area contributed by atoms with Gasteiger partial charge in [-0.05, 0) is 30.5 Å². The van der Waals surface area contributed by atoms with Crippen LogP contribution in [0.25, 0.3) is 5.69 Å². The van der Waals surface area contributed by atoms with Gasteiger partial charge in [0.2, 0.25) is 0 Å². The lowest BCUT2D eigenvalue weighted by atomic mass is 10.2. The molecule has 0 N–H and O–H groups in total. The molecule has 0 fully saturated rings. The predicted octanol–water partition coefficient (Wildman–Crippen LogP) is 3.13. The molecule has 2 heterocycles. The van der Waals surface area contributed by atoms with Gasteiger partial charge in [0.15, 0.2) is 5.16 Å². The largest absolute Gasteiger partial charge is 0.272 e. The van der Waals surface area contributed by atoms with Gasteiger partial charge in [-0.25, -0.2) is 9.37 Å². The van der Waals surface area contributed by atoms with Crippen molar-refractivity contribution < 1.29 is 4.39 Å². The third-order valence-corrected chi connectivity index (χ3v) is 5.00. The number of benzene rings is 1. The van der Waals surface area contributed by atoms with E-state index < -0.39 is 0 Å². The summed E-state index contributed by atoms with van der Waals surface area (Å²) in [5.74, 6) is -0.315. The van der Waals surface area contributed by atoms with E-state index in [4.69, 9.17) is 0 Å². The Labute approximate surface area is 124 Å². The van der Waals surface area contributed by atoms with Crippen molar-refractivity contribution in [2.75, 3.05) is 6.26 Å². The molecule has 20 heavy (non-hydrogen) atoms. The first-order valence-corrected chi connectivity index (χ1v) is 8.33. The monoisotopic (exact) mass is 308 g/mol. The van der Waals surface area contributed by atoms with E-state index in [2.05, 4.69) is 11.9 Å². The fourth-order valence-electron chi connectivity index (χ4n) is 2.25. The minimum absolute atomic E-state index is 0.0553. The molecule has 0 bridgehead atoms. The first-order valence-electron chi connectivity index (χ1n) is 6.22. The average molecular weight is 308 g/mol. The molecule has 1 aromatic heterocycles. The molecule has 1 atom stereocenters. The van der Waals surface area contributed by atoms with Crippen molar-refractivity contribution in [3.63, 3.8) is 0 Å². The minimum Gasteiger partial charge on any atom is -0.268 e. The van der Waals surface area contributed by atoms with E-state index in [-0.39, 0.29) is 11.4 Å². The Morgan fingerprint density at radius 2 is 2.10 bits per heavy atom. The van der Waals surface area contributed by atoms with Crippen LogP contribution in [0, 0.1) is 5.82 Å². The zero-order chi connectivity index (χ0) is 14.3. The van der Waals surface area contributed by atoms with Gasteiger partial charge in [0, 0.05) is 11.7 Å². The van der Waals surface area contributed by atoms with Crippen LogP contribution in [0.3, 0.4) is 0 Å². The summed E-state index contributed by atoms with van der Waals surface area (Å²) in [6.07, 6.45) is 2.72. The smallest absolute Gasteiger partial charge is 0.268 e. The molecule has 0 amide bonds. The molecule has 0 saturated heterocycles. The van der Waals surface area contributed by atoms with Gasteiger partial charge >= 0.3 is 0 Å². The first-order chi connectivity index (χ1) is 9.60. The molecule has 2 aromatic rings. The molecule has 104 valence electrons. The van der Waals surface area contributed by atoms with Gasteiger partial charge in [0.05, 0.1) is 16.3 Å². The lowest BCUT2D eigenvalue weighted by Gasteiger charge is -2.12. The third kappa shape index (κ3) is 2.27. The number of nitrogens with zero attached hydrogens (tertiary/aromatic N) is 2. The summed E-state index contributed by atoms with van der Waals surface area (Å²) < 4.78 is 14.6. The SMILES string of the molecule is CSc1nc2c(c(=O)n1-c1ccc(F)cc1)SC(C)C2. The summed E-state index contributed by atoms with van der Waals surface area (Å²) in [5.41, 5.74) is 1.48. The molecule has 0 spiro atoms. The molecule has 1 aliphatic heterocycles. The number of thioether (sulfide) groups is 2. The Balaban J connectivity index is 2.23. The van der Waals surface area contributed by atoms with Crippen LogP contribution in [0.15, 0.2) is 39.1 Å². The summed E-state index contributed by atoms with van der Waals surface area (Å²) >= 11 is 2.99. The number of halogens is 1. The Morgan fingerprint density at radius 1 is 1.40 bits per heavy atom. The molecule has 1 aliphatic rings. The predicted molar refractivity (Wildman–Crippen MR) is 80.6 cm³/mol. The van der Waals surface area contributed by atoms with Crippen molar-refractivity contribution in [1.29, 1.82) is 0 Å². The second-order valence-corrected chi connectivity index (χ2v) is 6.85. The number of hydrogen-bond acceptors (Lipinski definition) is 4. The van der Waals surface area contributed by atoms with Crippen LogP contribution in [0.1, 0.15) is 12.6 Å². The van der Waals surface area contributed by atoms with Crippen molar-refractivity contribution in [1.82, 2.24) is 9.55 Å². The summed E-state index contributed by atoms with van der Waals surface area (Å²) in [5, 5.41) is 1.03. The van der Waals surface area contributed by atoms with Crippen LogP contribution in [0.2, 0.25) is 0 Å². The molecule has 3 rings (SSSR count). The molecule has 1 unspecified atom stereocenters. The maximum Gasteiger partial charge on any atom is 0.272 e. The van der Waals surface area contributed by atoms with Gasteiger partial charge < -0.3 is 0 Å². The maximum absolute atomic E-state index is 13.0. The molecule has 1 aromatic carbocycles. The van der Waals surface area contributed by atoms with Gasteiger partial charge in [0.1, 0.15) is 5.82 Å². The average Bonchev–Trinajstić information content (AvgIpc) is 2.81. The van der Waals surface area contributed by atoms with Gasteiger partial charge in [0.25, 0.3) is 5.56 Å². The molecule has 0 radical (unpaired) electrons. The van der Waals surface area contributed by atoms with Gasteiger partial charge in [-0.1, -0.05) is 18.7 Å². The molecule has 0 saturated carbocycles. The van der Waals surface area contributed by atoms with Crippen LogP contribution in [0.5, 0.6) is 0 Å². The molecule has 6 heteroatoms. The van der Waals surface area contributed by atoms with E-state index in [0.717, 1.165) is 17.0 Å². The fraction of sp³-hybridized carbons (Fsp3) is 0.286. The van der Waals surface area contributed by atoms with Crippen molar-refractivity contribution in [2.45, 2.75) is 28.6 Å². The molecular weight excluding hydrogens is 295 g/mol.